The number of carbonyl (C=O) groups excluding carboxylic acids is 1. The van der Waals surface area contributed by atoms with Gasteiger partial charge < -0.3 is 4.90 Å². The van der Waals surface area contributed by atoms with Crippen LogP contribution in [-0.4, -0.2) is 31.8 Å². The fourth-order valence-corrected chi connectivity index (χ4v) is 4.08. The summed E-state index contributed by atoms with van der Waals surface area (Å²) >= 11 is 1.32. The van der Waals surface area contributed by atoms with Crippen molar-refractivity contribution in [2.75, 3.05) is 4.90 Å². The molecule has 1 amide bonds. The number of carbonyl (C=O) groups is 1. The Kier molecular flexibility index (Phi) is 2.64. The Balaban J connectivity index is 1.55. The molecule has 2 aromatic heterocycles. The summed E-state index contributed by atoms with van der Waals surface area (Å²) in [6.07, 6.45) is 3.16. The SMILES string of the molecule is CC1Cc2ccccc2N1C(=O)c1nn2c(C3CC3)nnc2s1. The van der Waals surface area contributed by atoms with Crippen LogP contribution in [0.4, 0.5) is 5.69 Å². The summed E-state index contributed by atoms with van der Waals surface area (Å²) in [7, 11) is 0. The summed E-state index contributed by atoms with van der Waals surface area (Å²) in [5.74, 6) is 1.31. The van der Waals surface area contributed by atoms with E-state index in [0.29, 0.717) is 15.9 Å². The molecular formula is C16H15N5OS. The average molecular weight is 325 g/mol. The summed E-state index contributed by atoms with van der Waals surface area (Å²) < 4.78 is 1.75. The van der Waals surface area contributed by atoms with Gasteiger partial charge in [0.25, 0.3) is 5.91 Å². The van der Waals surface area contributed by atoms with E-state index in [1.165, 1.54) is 16.9 Å². The Morgan fingerprint density at radius 3 is 2.91 bits per heavy atom. The lowest BCUT2D eigenvalue weighted by Gasteiger charge is -2.21. The lowest BCUT2D eigenvalue weighted by molar-refractivity contribution is 0.0980. The molecule has 1 unspecified atom stereocenters. The fraction of sp³-hybridized carbons (Fsp3) is 0.375. The molecule has 1 saturated carbocycles. The second-order valence-corrected chi connectivity index (χ2v) is 7.25. The number of nitrogens with zero attached hydrogens (tertiary/aromatic N) is 5. The minimum Gasteiger partial charge on any atom is -0.303 e. The van der Waals surface area contributed by atoms with Gasteiger partial charge in [0.1, 0.15) is 0 Å². The zero-order chi connectivity index (χ0) is 15.6. The van der Waals surface area contributed by atoms with Crippen LogP contribution in [0.25, 0.3) is 4.96 Å². The van der Waals surface area contributed by atoms with Gasteiger partial charge in [-0.3, -0.25) is 4.79 Å². The van der Waals surface area contributed by atoms with Crippen LogP contribution in [0.1, 0.15) is 46.9 Å². The van der Waals surface area contributed by atoms with Gasteiger partial charge in [-0.1, -0.05) is 29.5 Å². The van der Waals surface area contributed by atoms with Gasteiger partial charge in [0.2, 0.25) is 9.97 Å². The first-order valence-electron chi connectivity index (χ1n) is 7.86. The van der Waals surface area contributed by atoms with Crippen LogP contribution in [0.3, 0.4) is 0 Å². The van der Waals surface area contributed by atoms with Crippen molar-refractivity contribution in [2.45, 2.75) is 38.1 Å². The third-order valence-corrected chi connectivity index (χ3v) is 5.45. The molecule has 0 spiro atoms. The van der Waals surface area contributed by atoms with Crippen LogP contribution >= 0.6 is 11.3 Å². The second kappa shape index (κ2) is 4.61. The smallest absolute Gasteiger partial charge is 0.289 e. The van der Waals surface area contributed by atoms with Crippen molar-refractivity contribution < 1.29 is 4.79 Å². The molecule has 23 heavy (non-hydrogen) atoms. The van der Waals surface area contributed by atoms with Crippen LogP contribution < -0.4 is 4.90 Å². The predicted molar refractivity (Wildman–Crippen MR) is 87.1 cm³/mol. The van der Waals surface area contributed by atoms with Crippen molar-refractivity contribution in [3.8, 4) is 0 Å². The van der Waals surface area contributed by atoms with Gasteiger partial charge in [0.15, 0.2) is 5.82 Å². The topological polar surface area (TPSA) is 63.4 Å². The zero-order valence-corrected chi connectivity index (χ0v) is 13.5. The summed E-state index contributed by atoms with van der Waals surface area (Å²) in [6, 6.07) is 8.23. The number of aromatic nitrogens is 4. The lowest BCUT2D eigenvalue weighted by atomic mass is 10.1. The summed E-state index contributed by atoms with van der Waals surface area (Å²) in [6.45, 7) is 2.08. The van der Waals surface area contributed by atoms with E-state index in [1.54, 1.807) is 4.52 Å². The Hall–Kier alpha value is -2.28. The first kappa shape index (κ1) is 13.2. The molecule has 1 fully saturated rings. The number of para-hydroxylation sites is 1. The van der Waals surface area contributed by atoms with Gasteiger partial charge in [-0.05, 0) is 37.8 Å². The molecule has 0 saturated heterocycles. The van der Waals surface area contributed by atoms with Crippen molar-refractivity contribution in [2.24, 2.45) is 0 Å². The van der Waals surface area contributed by atoms with E-state index in [2.05, 4.69) is 28.3 Å². The molecule has 1 aliphatic carbocycles. The second-order valence-electron chi connectivity index (χ2n) is 6.29. The number of amides is 1. The molecule has 0 bridgehead atoms. The van der Waals surface area contributed by atoms with Gasteiger partial charge in [-0.2, -0.15) is 4.52 Å². The van der Waals surface area contributed by atoms with Crippen molar-refractivity contribution in [1.29, 1.82) is 0 Å². The van der Waals surface area contributed by atoms with Gasteiger partial charge in [0.05, 0.1) is 0 Å². The van der Waals surface area contributed by atoms with E-state index in [1.807, 2.05) is 23.1 Å². The molecule has 5 rings (SSSR count). The quantitative estimate of drug-likeness (QED) is 0.726. The number of hydrogen-bond donors (Lipinski definition) is 0. The number of hydrogen-bond acceptors (Lipinski definition) is 5. The standard InChI is InChI=1S/C16H15N5OS/c1-9-8-11-4-2-3-5-12(11)20(9)15(22)14-19-21-13(10-6-7-10)17-18-16(21)23-14/h2-5,9-10H,6-8H2,1H3. The van der Waals surface area contributed by atoms with Crippen molar-refractivity contribution in [3.05, 3.63) is 40.7 Å². The van der Waals surface area contributed by atoms with E-state index >= 15 is 0 Å². The van der Waals surface area contributed by atoms with Crippen molar-refractivity contribution in [3.63, 3.8) is 0 Å². The molecule has 0 radical (unpaired) electrons. The number of fused-ring (bicyclic) bond motifs is 2. The molecule has 3 aromatic rings. The zero-order valence-electron chi connectivity index (χ0n) is 12.6. The highest BCUT2D eigenvalue weighted by atomic mass is 32.1. The molecule has 7 heteroatoms. The molecule has 1 atom stereocenters. The van der Waals surface area contributed by atoms with E-state index in [9.17, 15) is 4.79 Å². The number of benzene rings is 1. The van der Waals surface area contributed by atoms with Crippen LogP contribution in [0.2, 0.25) is 0 Å². The van der Waals surface area contributed by atoms with Crippen LogP contribution in [0.5, 0.6) is 0 Å². The maximum absolute atomic E-state index is 13.0. The molecule has 1 aromatic carbocycles. The Labute approximate surface area is 136 Å². The minimum absolute atomic E-state index is 0.0419. The predicted octanol–water partition coefficient (Wildman–Crippen LogP) is 2.65. The summed E-state index contributed by atoms with van der Waals surface area (Å²) in [5.41, 5.74) is 2.22. The summed E-state index contributed by atoms with van der Waals surface area (Å²) in [4.78, 5) is 15.6. The van der Waals surface area contributed by atoms with Gasteiger partial charge in [-0.25, -0.2) is 0 Å². The maximum Gasteiger partial charge on any atom is 0.289 e. The molecule has 116 valence electrons. The van der Waals surface area contributed by atoms with Gasteiger partial charge in [-0.15, -0.1) is 15.3 Å². The largest absolute Gasteiger partial charge is 0.303 e. The molecule has 0 N–H and O–H groups in total. The van der Waals surface area contributed by atoms with Crippen LogP contribution in [-0.2, 0) is 6.42 Å². The lowest BCUT2D eigenvalue weighted by Crippen LogP contribution is -2.35. The van der Waals surface area contributed by atoms with E-state index in [-0.39, 0.29) is 11.9 Å². The Morgan fingerprint density at radius 1 is 1.26 bits per heavy atom. The third-order valence-electron chi connectivity index (χ3n) is 4.57. The molecule has 6 nitrogen and oxygen atoms in total. The first-order valence-corrected chi connectivity index (χ1v) is 8.67. The Morgan fingerprint density at radius 2 is 2.09 bits per heavy atom. The van der Waals surface area contributed by atoms with Crippen LogP contribution in [0.15, 0.2) is 24.3 Å². The number of rotatable bonds is 2. The van der Waals surface area contributed by atoms with E-state index < -0.39 is 0 Å². The Bertz CT molecular complexity index is 926. The van der Waals surface area contributed by atoms with Crippen molar-refractivity contribution >= 4 is 27.9 Å². The molecular weight excluding hydrogens is 310 g/mol. The monoisotopic (exact) mass is 325 g/mol. The van der Waals surface area contributed by atoms with Gasteiger partial charge >= 0.3 is 0 Å². The fourth-order valence-electron chi connectivity index (χ4n) is 3.29. The normalized spacial score (nSPS) is 20.2. The third kappa shape index (κ3) is 1.92. The van der Waals surface area contributed by atoms with Crippen molar-refractivity contribution in [1.82, 2.24) is 19.8 Å². The first-order chi connectivity index (χ1) is 11.2. The highest BCUT2D eigenvalue weighted by Crippen LogP contribution is 2.39. The molecule has 2 aliphatic rings. The molecule has 1 aliphatic heterocycles. The highest BCUT2D eigenvalue weighted by Gasteiger charge is 2.34. The van der Waals surface area contributed by atoms with E-state index in [0.717, 1.165) is 30.8 Å². The molecule has 3 heterocycles. The van der Waals surface area contributed by atoms with Crippen LogP contribution in [0, 0.1) is 0 Å². The van der Waals surface area contributed by atoms with E-state index in [4.69, 9.17) is 0 Å². The summed E-state index contributed by atoms with van der Waals surface area (Å²) in [5, 5.41) is 13.4. The number of anilines is 1. The minimum atomic E-state index is -0.0419. The average Bonchev–Trinajstić information content (AvgIpc) is 3.04. The highest BCUT2D eigenvalue weighted by molar-refractivity contribution is 7.18. The van der Waals surface area contributed by atoms with Gasteiger partial charge in [0, 0.05) is 17.6 Å². The maximum atomic E-state index is 13.0.